The Kier molecular flexibility index (Phi) is 5.85. The Hall–Kier alpha value is -2.47. The van der Waals surface area contributed by atoms with Gasteiger partial charge in [-0.3, -0.25) is 9.78 Å². The Balaban J connectivity index is 1.97. The topological polar surface area (TPSA) is 90.1 Å². The van der Waals surface area contributed by atoms with E-state index in [-0.39, 0.29) is 11.9 Å². The molecular formula is C16H20N4O2. The van der Waals surface area contributed by atoms with Crippen molar-refractivity contribution >= 4 is 5.91 Å². The standard InChI is InChI=1S/C16H20N4O2/c1-2-4-13(17)10-20-16(21)12-5-3-6-14(9-12)22-15-11-18-7-8-19-15/h3,5-9,11,13H,2,4,10,17H2,1H3,(H,20,21)/t13-/m0/s1. The minimum atomic E-state index is -0.170. The number of hydrogen-bond acceptors (Lipinski definition) is 5. The minimum absolute atomic E-state index is 0.0204. The van der Waals surface area contributed by atoms with Crippen molar-refractivity contribution in [3.05, 3.63) is 48.4 Å². The Morgan fingerprint density at radius 1 is 1.41 bits per heavy atom. The number of rotatable bonds is 7. The maximum atomic E-state index is 12.1. The number of carbonyl (C=O) groups excluding carboxylic acids is 1. The Morgan fingerprint density at radius 3 is 3.00 bits per heavy atom. The van der Waals surface area contributed by atoms with Gasteiger partial charge in [0.05, 0.1) is 6.20 Å². The molecule has 0 aliphatic heterocycles. The third-order valence-electron chi connectivity index (χ3n) is 3.04. The molecule has 2 rings (SSSR count). The average molecular weight is 300 g/mol. The maximum Gasteiger partial charge on any atom is 0.251 e. The van der Waals surface area contributed by atoms with Gasteiger partial charge in [0.15, 0.2) is 0 Å². The SMILES string of the molecule is CCC[C@H](N)CNC(=O)c1cccc(Oc2cnccn2)c1. The third-order valence-corrected chi connectivity index (χ3v) is 3.04. The molecule has 0 saturated heterocycles. The predicted octanol–water partition coefficient (Wildman–Crippen LogP) is 2.13. The van der Waals surface area contributed by atoms with E-state index in [0.29, 0.717) is 23.7 Å². The van der Waals surface area contributed by atoms with Gasteiger partial charge < -0.3 is 15.8 Å². The van der Waals surface area contributed by atoms with Crippen LogP contribution in [0.25, 0.3) is 0 Å². The molecule has 6 nitrogen and oxygen atoms in total. The van der Waals surface area contributed by atoms with Crippen LogP contribution in [0.1, 0.15) is 30.1 Å². The summed E-state index contributed by atoms with van der Waals surface area (Å²) in [6.45, 7) is 2.52. The fourth-order valence-electron chi connectivity index (χ4n) is 1.96. The highest BCUT2D eigenvalue weighted by Gasteiger charge is 2.09. The van der Waals surface area contributed by atoms with Crippen molar-refractivity contribution in [2.75, 3.05) is 6.54 Å². The molecule has 0 aliphatic rings. The first-order chi connectivity index (χ1) is 10.7. The van der Waals surface area contributed by atoms with Crippen LogP contribution < -0.4 is 15.8 Å². The van der Waals surface area contributed by atoms with Crippen molar-refractivity contribution in [2.24, 2.45) is 5.73 Å². The van der Waals surface area contributed by atoms with Gasteiger partial charge in [0.1, 0.15) is 5.75 Å². The summed E-state index contributed by atoms with van der Waals surface area (Å²) in [6, 6.07) is 6.88. The average Bonchev–Trinajstić information content (AvgIpc) is 2.54. The van der Waals surface area contributed by atoms with Gasteiger partial charge >= 0.3 is 0 Å². The van der Waals surface area contributed by atoms with Crippen molar-refractivity contribution in [2.45, 2.75) is 25.8 Å². The van der Waals surface area contributed by atoms with Crippen molar-refractivity contribution in [3.63, 3.8) is 0 Å². The summed E-state index contributed by atoms with van der Waals surface area (Å²) < 4.78 is 5.56. The van der Waals surface area contributed by atoms with E-state index >= 15 is 0 Å². The molecule has 116 valence electrons. The Labute approximate surface area is 129 Å². The lowest BCUT2D eigenvalue weighted by Gasteiger charge is -2.12. The first kappa shape index (κ1) is 15.9. The fraction of sp³-hybridized carbons (Fsp3) is 0.312. The lowest BCUT2D eigenvalue weighted by Crippen LogP contribution is -2.37. The summed E-state index contributed by atoms with van der Waals surface area (Å²) in [5, 5.41) is 2.83. The van der Waals surface area contributed by atoms with E-state index in [2.05, 4.69) is 22.2 Å². The Morgan fingerprint density at radius 2 is 2.27 bits per heavy atom. The van der Waals surface area contributed by atoms with Gasteiger partial charge in [-0.2, -0.15) is 0 Å². The summed E-state index contributed by atoms with van der Waals surface area (Å²) in [6.07, 6.45) is 6.50. The van der Waals surface area contributed by atoms with Crippen LogP contribution in [0, 0.1) is 0 Å². The molecule has 2 aromatic rings. The second kappa shape index (κ2) is 8.09. The van der Waals surface area contributed by atoms with Crippen LogP contribution in [-0.4, -0.2) is 28.5 Å². The molecule has 0 spiro atoms. The van der Waals surface area contributed by atoms with Crippen LogP contribution in [-0.2, 0) is 0 Å². The first-order valence-corrected chi connectivity index (χ1v) is 7.26. The third kappa shape index (κ3) is 4.82. The quantitative estimate of drug-likeness (QED) is 0.817. The molecule has 1 atom stereocenters. The van der Waals surface area contributed by atoms with Gasteiger partial charge in [0.25, 0.3) is 5.91 Å². The van der Waals surface area contributed by atoms with Crippen LogP contribution >= 0.6 is 0 Å². The van der Waals surface area contributed by atoms with E-state index in [0.717, 1.165) is 12.8 Å². The fourth-order valence-corrected chi connectivity index (χ4v) is 1.96. The van der Waals surface area contributed by atoms with Crippen molar-refractivity contribution < 1.29 is 9.53 Å². The summed E-state index contributed by atoms with van der Waals surface area (Å²) in [5.74, 6) is 0.743. The monoisotopic (exact) mass is 300 g/mol. The molecular weight excluding hydrogens is 280 g/mol. The number of ether oxygens (including phenoxy) is 1. The zero-order chi connectivity index (χ0) is 15.8. The van der Waals surface area contributed by atoms with Crippen molar-refractivity contribution in [1.29, 1.82) is 0 Å². The van der Waals surface area contributed by atoms with Crippen LogP contribution in [0.2, 0.25) is 0 Å². The summed E-state index contributed by atoms with van der Waals surface area (Å²) in [4.78, 5) is 20.1. The Bertz CT molecular complexity index is 604. The van der Waals surface area contributed by atoms with Gasteiger partial charge in [-0.1, -0.05) is 19.4 Å². The number of benzene rings is 1. The predicted molar refractivity (Wildman–Crippen MR) is 83.8 cm³/mol. The van der Waals surface area contributed by atoms with Crippen LogP contribution in [0.5, 0.6) is 11.6 Å². The van der Waals surface area contributed by atoms with Crippen molar-refractivity contribution in [3.8, 4) is 11.6 Å². The van der Waals surface area contributed by atoms with Gasteiger partial charge in [-0.15, -0.1) is 0 Å². The molecule has 1 heterocycles. The number of nitrogens with zero attached hydrogens (tertiary/aromatic N) is 2. The van der Waals surface area contributed by atoms with E-state index in [1.54, 1.807) is 36.7 Å². The lowest BCUT2D eigenvalue weighted by atomic mass is 10.1. The maximum absolute atomic E-state index is 12.1. The zero-order valence-corrected chi connectivity index (χ0v) is 12.5. The second-order valence-corrected chi connectivity index (χ2v) is 4.93. The van der Waals surface area contributed by atoms with Crippen molar-refractivity contribution in [1.82, 2.24) is 15.3 Å². The molecule has 0 aliphatic carbocycles. The van der Waals surface area contributed by atoms with E-state index in [1.807, 2.05) is 0 Å². The molecule has 1 aromatic carbocycles. The van der Waals surface area contributed by atoms with Gasteiger partial charge in [-0.05, 0) is 24.6 Å². The molecule has 0 unspecified atom stereocenters. The largest absolute Gasteiger partial charge is 0.437 e. The highest BCUT2D eigenvalue weighted by molar-refractivity contribution is 5.94. The molecule has 0 saturated carbocycles. The van der Waals surface area contributed by atoms with Crippen LogP contribution in [0.15, 0.2) is 42.9 Å². The minimum Gasteiger partial charge on any atom is -0.437 e. The van der Waals surface area contributed by atoms with Gasteiger partial charge in [0, 0.05) is 30.5 Å². The van der Waals surface area contributed by atoms with E-state index in [4.69, 9.17) is 10.5 Å². The molecule has 1 aromatic heterocycles. The van der Waals surface area contributed by atoms with E-state index in [1.165, 1.54) is 6.20 Å². The number of aromatic nitrogens is 2. The number of nitrogens with one attached hydrogen (secondary N) is 1. The highest BCUT2D eigenvalue weighted by Crippen LogP contribution is 2.19. The number of nitrogens with two attached hydrogens (primary N) is 1. The molecule has 22 heavy (non-hydrogen) atoms. The summed E-state index contributed by atoms with van der Waals surface area (Å²) in [7, 11) is 0. The molecule has 0 radical (unpaired) electrons. The summed E-state index contributed by atoms with van der Waals surface area (Å²) in [5.41, 5.74) is 6.41. The molecule has 0 fully saturated rings. The van der Waals surface area contributed by atoms with Gasteiger partial charge in [-0.25, -0.2) is 4.98 Å². The highest BCUT2D eigenvalue weighted by atomic mass is 16.5. The lowest BCUT2D eigenvalue weighted by molar-refractivity contribution is 0.0950. The first-order valence-electron chi connectivity index (χ1n) is 7.26. The van der Waals surface area contributed by atoms with Crippen LogP contribution in [0.4, 0.5) is 0 Å². The second-order valence-electron chi connectivity index (χ2n) is 4.93. The number of carbonyl (C=O) groups is 1. The van der Waals surface area contributed by atoms with E-state index in [9.17, 15) is 4.79 Å². The number of hydrogen-bond donors (Lipinski definition) is 2. The van der Waals surface area contributed by atoms with Crippen LogP contribution in [0.3, 0.4) is 0 Å². The van der Waals surface area contributed by atoms with E-state index < -0.39 is 0 Å². The number of amides is 1. The summed E-state index contributed by atoms with van der Waals surface area (Å²) >= 11 is 0. The molecule has 6 heteroatoms. The molecule has 1 amide bonds. The van der Waals surface area contributed by atoms with Gasteiger partial charge in [0.2, 0.25) is 5.88 Å². The molecule has 3 N–H and O–H groups in total. The smallest absolute Gasteiger partial charge is 0.251 e. The zero-order valence-electron chi connectivity index (χ0n) is 12.5. The molecule has 0 bridgehead atoms. The normalized spacial score (nSPS) is 11.7.